The number of hydrogen-bond acceptors (Lipinski definition) is 1. The molecule has 8 aromatic carbocycles. The van der Waals surface area contributed by atoms with Crippen molar-refractivity contribution < 1.29 is 0 Å². The zero-order valence-corrected chi connectivity index (χ0v) is 26.9. The van der Waals surface area contributed by atoms with Crippen molar-refractivity contribution in [3.8, 4) is 39.1 Å². The van der Waals surface area contributed by atoms with E-state index in [1.165, 1.54) is 86.1 Å². The number of hydrogen-bond donors (Lipinski definition) is 0. The number of para-hydroxylation sites is 1. The van der Waals surface area contributed by atoms with Gasteiger partial charge in [0.2, 0.25) is 0 Å². The Bertz CT molecular complexity index is 2830. The maximum atomic E-state index is 2.47. The largest absolute Gasteiger partial charge is 0.309 e. The van der Waals surface area contributed by atoms with Gasteiger partial charge in [-0.15, -0.1) is 11.3 Å². The van der Waals surface area contributed by atoms with Crippen molar-refractivity contribution in [2.45, 2.75) is 0 Å². The number of fused-ring (bicyclic) bond motifs is 8. The average Bonchev–Trinajstić information content (AvgIpc) is 3.71. The minimum atomic E-state index is 1.16. The predicted octanol–water partition coefficient (Wildman–Crippen LogP) is 13.3. The molecule has 2 heteroatoms. The molecule has 0 atom stereocenters. The first-order chi connectivity index (χ1) is 23.8. The Balaban J connectivity index is 1.24. The van der Waals surface area contributed by atoms with Gasteiger partial charge in [-0.05, 0) is 86.6 Å². The lowest BCUT2D eigenvalue weighted by Crippen LogP contribution is -1.96. The molecule has 0 N–H and O–H groups in total. The maximum absolute atomic E-state index is 2.47. The first kappa shape index (κ1) is 27.2. The van der Waals surface area contributed by atoms with Crippen molar-refractivity contribution in [3.63, 3.8) is 0 Å². The van der Waals surface area contributed by atoms with Gasteiger partial charge in [-0.2, -0.15) is 0 Å². The topological polar surface area (TPSA) is 4.93 Å². The molecule has 0 aliphatic heterocycles. The van der Waals surface area contributed by atoms with Crippen LogP contribution in [0.25, 0.3) is 91.8 Å². The van der Waals surface area contributed by atoms with E-state index in [-0.39, 0.29) is 0 Å². The van der Waals surface area contributed by atoms with Crippen LogP contribution in [0.1, 0.15) is 0 Å². The van der Waals surface area contributed by atoms with Crippen LogP contribution in [-0.4, -0.2) is 4.57 Å². The summed E-state index contributed by atoms with van der Waals surface area (Å²) in [6, 6.07) is 64.4. The molecule has 0 fully saturated rings. The number of aromatic nitrogens is 1. The van der Waals surface area contributed by atoms with E-state index in [2.05, 4.69) is 180 Å². The fourth-order valence-corrected chi connectivity index (χ4v) is 8.82. The van der Waals surface area contributed by atoms with E-state index >= 15 is 0 Å². The molecule has 0 unspecified atom stereocenters. The van der Waals surface area contributed by atoms with Crippen LogP contribution in [0.5, 0.6) is 0 Å². The smallest absolute Gasteiger partial charge is 0.0555 e. The molecule has 0 saturated heterocycles. The van der Waals surface area contributed by atoms with Crippen molar-refractivity contribution in [1.29, 1.82) is 0 Å². The maximum Gasteiger partial charge on any atom is 0.0555 e. The summed E-state index contributed by atoms with van der Waals surface area (Å²) in [4.78, 5) is 0. The Kier molecular flexibility index (Phi) is 6.12. The number of rotatable bonds is 4. The number of thiophene rings is 1. The van der Waals surface area contributed by atoms with Crippen molar-refractivity contribution in [1.82, 2.24) is 4.57 Å². The molecule has 48 heavy (non-hydrogen) atoms. The lowest BCUT2D eigenvalue weighted by atomic mass is 9.93. The van der Waals surface area contributed by atoms with Crippen molar-refractivity contribution in [2.24, 2.45) is 0 Å². The van der Waals surface area contributed by atoms with Crippen LogP contribution >= 0.6 is 11.3 Å². The highest BCUT2D eigenvalue weighted by Gasteiger charge is 2.18. The predicted molar refractivity (Wildman–Crippen MR) is 207 cm³/mol. The van der Waals surface area contributed by atoms with Crippen LogP contribution in [0, 0.1) is 0 Å². The Hall–Kier alpha value is -5.96. The van der Waals surface area contributed by atoms with Gasteiger partial charge >= 0.3 is 0 Å². The van der Waals surface area contributed by atoms with Gasteiger partial charge in [-0.3, -0.25) is 0 Å². The van der Waals surface area contributed by atoms with Crippen LogP contribution in [0.15, 0.2) is 176 Å². The summed E-state index contributed by atoms with van der Waals surface area (Å²) in [7, 11) is 0. The first-order valence-electron chi connectivity index (χ1n) is 16.4. The van der Waals surface area contributed by atoms with E-state index in [1.54, 1.807) is 0 Å². The molecule has 224 valence electrons. The summed E-state index contributed by atoms with van der Waals surface area (Å²) in [5.74, 6) is 0. The van der Waals surface area contributed by atoms with Gasteiger partial charge in [0.25, 0.3) is 0 Å². The molecule has 10 aromatic rings. The second kappa shape index (κ2) is 10.8. The molecular weight excluding hydrogens is 599 g/mol. The minimum absolute atomic E-state index is 1.16. The molecule has 0 aliphatic carbocycles. The molecule has 0 spiro atoms. The minimum Gasteiger partial charge on any atom is -0.309 e. The molecule has 2 heterocycles. The molecule has 1 nitrogen and oxygen atoms in total. The van der Waals surface area contributed by atoms with E-state index in [0.29, 0.717) is 0 Å². The van der Waals surface area contributed by atoms with Gasteiger partial charge < -0.3 is 4.57 Å². The second-order valence-corrected chi connectivity index (χ2v) is 13.6. The lowest BCUT2D eigenvalue weighted by molar-refractivity contribution is 1.18. The van der Waals surface area contributed by atoms with Crippen molar-refractivity contribution in [3.05, 3.63) is 176 Å². The van der Waals surface area contributed by atoms with E-state index in [9.17, 15) is 0 Å². The second-order valence-electron chi connectivity index (χ2n) is 12.5. The van der Waals surface area contributed by atoms with Crippen LogP contribution in [0.2, 0.25) is 0 Å². The molecule has 2 aromatic heterocycles. The highest BCUT2D eigenvalue weighted by Crippen LogP contribution is 2.44. The van der Waals surface area contributed by atoms with E-state index in [4.69, 9.17) is 0 Å². The van der Waals surface area contributed by atoms with Gasteiger partial charge in [-0.25, -0.2) is 0 Å². The molecule has 0 radical (unpaired) electrons. The van der Waals surface area contributed by atoms with Crippen LogP contribution in [-0.2, 0) is 0 Å². The highest BCUT2D eigenvalue weighted by molar-refractivity contribution is 7.26. The zero-order valence-electron chi connectivity index (χ0n) is 26.1. The fourth-order valence-electron chi connectivity index (χ4n) is 7.56. The van der Waals surface area contributed by atoms with Crippen molar-refractivity contribution >= 4 is 64.1 Å². The number of nitrogens with zero attached hydrogens (tertiary/aromatic N) is 1. The third kappa shape index (κ3) is 4.24. The first-order valence-corrected chi connectivity index (χ1v) is 17.2. The standard InChI is InChI=1S/C46H29NS/c1-2-12-30(13-3-1)34-27-35(32-16-10-17-33(26-32)38-21-11-15-31-14-4-5-18-37(31)38)29-36(28-34)47-42-22-8-6-20-41(42)45-43(47)25-24-40-39-19-7-9-23-44(39)48-46(40)45/h1-29H. The summed E-state index contributed by atoms with van der Waals surface area (Å²) >= 11 is 1.90. The average molecular weight is 628 g/mol. The Morgan fingerprint density at radius 1 is 0.375 bits per heavy atom. The zero-order chi connectivity index (χ0) is 31.6. The molecular formula is C46H29NS. The Morgan fingerprint density at radius 2 is 1.02 bits per heavy atom. The summed E-state index contributed by atoms with van der Waals surface area (Å²) < 4.78 is 5.15. The van der Waals surface area contributed by atoms with E-state index < -0.39 is 0 Å². The van der Waals surface area contributed by atoms with Gasteiger partial charge in [0.05, 0.1) is 11.0 Å². The monoisotopic (exact) mass is 627 g/mol. The SMILES string of the molecule is c1ccc(-c2cc(-c3cccc(-c4cccc5ccccc45)c3)cc(-n3c4ccccc4c4c5sc6ccccc6c5ccc43)c2)cc1. The van der Waals surface area contributed by atoms with E-state index in [0.717, 1.165) is 5.69 Å². The Labute approximate surface area is 282 Å². The third-order valence-corrected chi connectivity index (χ3v) is 11.0. The summed E-state index contributed by atoms with van der Waals surface area (Å²) in [6.07, 6.45) is 0. The van der Waals surface area contributed by atoms with Crippen LogP contribution in [0.3, 0.4) is 0 Å². The van der Waals surface area contributed by atoms with Crippen LogP contribution < -0.4 is 0 Å². The summed E-state index contributed by atoms with van der Waals surface area (Å²) in [5, 5.41) is 7.80. The van der Waals surface area contributed by atoms with Gasteiger partial charge in [-0.1, -0.05) is 133 Å². The molecule has 10 rings (SSSR count). The molecule has 0 bridgehead atoms. The van der Waals surface area contributed by atoms with Gasteiger partial charge in [0.1, 0.15) is 0 Å². The fraction of sp³-hybridized carbons (Fsp3) is 0. The van der Waals surface area contributed by atoms with Crippen molar-refractivity contribution in [2.75, 3.05) is 0 Å². The lowest BCUT2D eigenvalue weighted by Gasteiger charge is -2.15. The third-order valence-electron chi connectivity index (χ3n) is 9.76. The van der Waals surface area contributed by atoms with Gasteiger partial charge in [0.15, 0.2) is 0 Å². The normalized spacial score (nSPS) is 11.8. The molecule has 0 amide bonds. The molecule has 0 saturated carbocycles. The van der Waals surface area contributed by atoms with Gasteiger partial charge in [0, 0.05) is 36.6 Å². The quantitative estimate of drug-likeness (QED) is 0.183. The summed E-state index contributed by atoms with van der Waals surface area (Å²) in [6.45, 7) is 0. The van der Waals surface area contributed by atoms with E-state index in [1.807, 2.05) is 11.3 Å². The molecule has 0 aliphatic rings. The number of benzene rings is 8. The summed E-state index contributed by atoms with van der Waals surface area (Å²) in [5.41, 5.74) is 10.9. The Morgan fingerprint density at radius 3 is 1.92 bits per heavy atom. The highest BCUT2D eigenvalue weighted by atomic mass is 32.1. The van der Waals surface area contributed by atoms with Crippen LogP contribution in [0.4, 0.5) is 0 Å².